The fraction of sp³-hybridized carbons (Fsp3) is 0.353. The highest BCUT2D eigenvalue weighted by Crippen LogP contribution is 2.41. The van der Waals surface area contributed by atoms with E-state index in [0.717, 1.165) is 5.56 Å². The number of carbonyl (C=O) groups is 1. The second kappa shape index (κ2) is 5.54. The number of β-amino-alcohol motifs (C(OH)–C–C–N with tert-alkyl or cyclic N) is 1. The van der Waals surface area contributed by atoms with Crippen LogP contribution in [0.25, 0.3) is 0 Å². The van der Waals surface area contributed by atoms with Crippen LogP contribution in [-0.4, -0.2) is 42.2 Å². The van der Waals surface area contributed by atoms with Gasteiger partial charge in [-0.25, -0.2) is 0 Å². The van der Waals surface area contributed by atoms with E-state index in [-0.39, 0.29) is 5.91 Å². The Hall–Kier alpha value is -2.05. The molecule has 1 N–H and O–H groups in total. The van der Waals surface area contributed by atoms with Crippen LogP contribution in [0, 0.1) is 0 Å². The van der Waals surface area contributed by atoms with Crippen molar-refractivity contribution in [3.63, 3.8) is 0 Å². The largest absolute Gasteiger partial charge is 0.485 e. The lowest BCUT2D eigenvalue weighted by Gasteiger charge is -2.24. The van der Waals surface area contributed by atoms with Crippen molar-refractivity contribution in [1.82, 2.24) is 4.90 Å². The van der Waals surface area contributed by atoms with E-state index in [0.29, 0.717) is 49.1 Å². The average Bonchev–Trinajstić information content (AvgIpc) is 3.20. The van der Waals surface area contributed by atoms with Crippen LogP contribution in [0.15, 0.2) is 35.7 Å². The van der Waals surface area contributed by atoms with Gasteiger partial charge in [-0.3, -0.25) is 4.79 Å². The lowest BCUT2D eigenvalue weighted by Crippen LogP contribution is -2.34. The van der Waals surface area contributed by atoms with Crippen LogP contribution < -0.4 is 9.47 Å². The fourth-order valence-electron chi connectivity index (χ4n) is 3.11. The van der Waals surface area contributed by atoms with Crippen LogP contribution in [0.5, 0.6) is 11.5 Å². The summed E-state index contributed by atoms with van der Waals surface area (Å²) in [7, 11) is 0. The van der Waals surface area contributed by atoms with Crippen LogP contribution >= 0.6 is 11.3 Å². The van der Waals surface area contributed by atoms with Gasteiger partial charge in [0.15, 0.2) is 11.5 Å². The highest BCUT2D eigenvalue weighted by Gasteiger charge is 2.41. The lowest BCUT2D eigenvalue weighted by atomic mass is 9.93. The van der Waals surface area contributed by atoms with E-state index in [2.05, 4.69) is 0 Å². The van der Waals surface area contributed by atoms with E-state index in [9.17, 15) is 9.90 Å². The molecule has 2 aromatic rings. The third kappa shape index (κ3) is 2.48. The topological polar surface area (TPSA) is 59.0 Å². The van der Waals surface area contributed by atoms with Crippen molar-refractivity contribution in [3.8, 4) is 11.5 Å². The van der Waals surface area contributed by atoms with Crippen molar-refractivity contribution >= 4 is 17.2 Å². The molecule has 0 aliphatic carbocycles. The van der Waals surface area contributed by atoms with Gasteiger partial charge in [0.2, 0.25) is 0 Å². The van der Waals surface area contributed by atoms with E-state index in [1.807, 2.05) is 30.3 Å². The number of benzene rings is 1. The highest BCUT2D eigenvalue weighted by molar-refractivity contribution is 7.12. The van der Waals surface area contributed by atoms with E-state index in [1.54, 1.807) is 10.3 Å². The van der Waals surface area contributed by atoms with E-state index >= 15 is 0 Å². The van der Waals surface area contributed by atoms with Gasteiger partial charge >= 0.3 is 0 Å². The zero-order valence-corrected chi connectivity index (χ0v) is 13.3. The molecule has 23 heavy (non-hydrogen) atoms. The number of fused-ring (bicyclic) bond motifs is 1. The molecule has 0 radical (unpaired) electrons. The van der Waals surface area contributed by atoms with Gasteiger partial charge in [-0.1, -0.05) is 30.3 Å². The molecule has 4 rings (SSSR count). The van der Waals surface area contributed by atoms with Gasteiger partial charge in [0.05, 0.1) is 6.54 Å². The predicted molar refractivity (Wildman–Crippen MR) is 86.2 cm³/mol. The number of hydrogen-bond donors (Lipinski definition) is 1. The smallest absolute Gasteiger partial charge is 0.268 e. The monoisotopic (exact) mass is 331 g/mol. The molecule has 2 aliphatic rings. The summed E-state index contributed by atoms with van der Waals surface area (Å²) in [5, 5.41) is 12.7. The molecule has 2 aliphatic heterocycles. The second-order valence-corrected chi connectivity index (χ2v) is 6.71. The number of carbonyl (C=O) groups excluding carboxylic acids is 1. The van der Waals surface area contributed by atoms with Gasteiger partial charge in [-0.05, 0) is 12.0 Å². The lowest BCUT2D eigenvalue weighted by molar-refractivity contribution is 0.0417. The van der Waals surface area contributed by atoms with Gasteiger partial charge in [0, 0.05) is 11.9 Å². The highest BCUT2D eigenvalue weighted by atomic mass is 32.1. The van der Waals surface area contributed by atoms with Crippen molar-refractivity contribution in [1.29, 1.82) is 0 Å². The Morgan fingerprint density at radius 2 is 2.00 bits per heavy atom. The van der Waals surface area contributed by atoms with Crippen molar-refractivity contribution in [3.05, 3.63) is 46.2 Å². The summed E-state index contributed by atoms with van der Waals surface area (Å²) in [6.45, 7) is 1.79. The first kappa shape index (κ1) is 14.5. The SMILES string of the molecule is O=C(c1scc2c1OCCO2)N1CC[C@](O)(c2ccccc2)C1. The van der Waals surface area contributed by atoms with Gasteiger partial charge in [0.1, 0.15) is 23.7 Å². The zero-order valence-electron chi connectivity index (χ0n) is 12.5. The summed E-state index contributed by atoms with van der Waals surface area (Å²) >= 11 is 1.33. The predicted octanol–water partition coefficient (Wildman–Crippen LogP) is 2.25. The number of thiophene rings is 1. The zero-order chi connectivity index (χ0) is 15.9. The first-order valence-corrected chi connectivity index (χ1v) is 8.50. The molecule has 5 nitrogen and oxygen atoms in total. The minimum atomic E-state index is -0.981. The molecule has 1 aromatic carbocycles. The van der Waals surface area contributed by atoms with Crippen LogP contribution in [0.3, 0.4) is 0 Å². The average molecular weight is 331 g/mol. The molecule has 1 amide bonds. The molecular formula is C17H17NO4S. The number of aliphatic hydroxyl groups is 1. The van der Waals surface area contributed by atoms with E-state index in [1.165, 1.54) is 11.3 Å². The summed E-state index contributed by atoms with van der Waals surface area (Å²) in [5.41, 5.74) is -0.130. The molecule has 6 heteroatoms. The molecule has 0 saturated carbocycles. The summed E-state index contributed by atoms with van der Waals surface area (Å²) in [5.74, 6) is 1.08. The maximum absolute atomic E-state index is 12.8. The van der Waals surface area contributed by atoms with Crippen molar-refractivity contribution in [2.45, 2.75) is 12.0 Å². The second-order valence-electron chi connectivity index (χ2n) is 5.83. The standard InChI is InChI=1S/C17H17NO4S/c19-16(15-14-13(10-23-15)21-8-9-22-14)18-7-6-17(20,11-18)12-4-2-1-3-5-12/h1-5,10,20H,6-9,11H2/t17-/m1/s1. The maximum Gasteiger partial charge on any atom is 0.268 e. The summed E-state index contributed by atoms with van der Waals surface area (Å²) in [4.78, 5) is 15.0. The third-order valence-corrected chi connectivity index (χ3v) is 5.27. The number of rotatable bonds is 2. The Bertz CT molecular complexity index is 729. The van der Waals surface area contributed by atoms with Crippen molar-refractivity contribution in [2.75, 3.05) is 26.3 Å². The molecular weight excluding hydrogens is 314 g/mol. The molecule has 0 unspecified atom stereocenters. The Kier molecular flexibility index (Phi) is 3.50. The Morgan fingerprint density at radius 3 is 2.83 bits per heavy atom. The summed E-state index contributed by atoms with van der Waals surface area (Å²) < 4.78 is 11.1. The molecule has 120 valence electrons. The van der Waals surface area contributed by atoms with Gasteiger partial charge < -0.3 is 19.5 Å². The molecule has 1 saturated heterocycles. The summed E-state index contributed by atoms with van der Waals surface area (Å²) in [6, 6.07) is 9.52. The fourth-order valence-corrected chi connectivity index (χ4v) is 4.00. The third-order valence-electron chi connectivity index (χ3n) is 4.34. The number of nitrogens with zero attached hydrogens (tertiary/aromatic N) is 1. The van der Waals surface area contributed by atoms with Crippen LogP contribution in [0.1, 0.15) is 21.7 Å². The number of hydrogen-bond acceptors (Lipinski definition) is 5. The molecule has 1 aromatic heterocycles. The quantitative estimate of drug-likeness (QED) is 0.917. The Balaban J connectivity index is 1.56. The minimum absolute atomic E-state index is 0.103. The number of ether oxygens (including phenoxy) is 2. The van der Waals surface area contributed by atoms with Crippen molar-refractivity contribution < 1.29 is 19.4 Å². The van der Waals surface area contributed by atoms with Gasteiger partial charge in [-0.2, -0.15) is 0 Å². The summed E-state index contributed by atoms with van der Waals surface area (Å²) in [6.07, 6.45) is 0.535. The molecule has 0 spiro atoms. The van der Waals surface area contributed by atoms with E-state index < -0.39 is 5.60 Å². The number of amides is 1. The van der Waals surface area contributed by atoms with Crippen LogP contribution in [0.2, 0.25) is 0 Å². The molecule has 1 atom stereocenters. The molecule has 3 heterocycles. The first-order chi connectivity index (χ1) is 11.2. The Morgan fingerprint density at radius 1 is 1.22 bits per heavy atom. The van der Waals surface area contributed by atoms with Gasteiger partial charge in [0.25, 0.3) is 5.91 Å². The van der Waals surface area contributed by atoms with E-state index in [4.69, 9.17) is 9.47 Å². The van der Waals surface area contributed by atoms with Crippen LogP contribution in [-0.2, 0) is 5.60 Å². The van der Waals surface area contributed by atoms with Crippen molar-refractivity contribution in [2.24, 2.45) is 0 Å². The van der Waals surface area contributed by atoms with Crippen LogP contribution in [0.4, 0.5) is 0 Å². The first-order valence-electron chi connectivity index (χ1n) is 7.62. The normalized spacial score (nSPS) is 23.1. The molecule has 0 bridgehead atoms. The molecule has 1 fully saturated rings. The van der Waals surface area contributed by atoms with Gasteiger partial charge in [-0.15, -0.1) is 11.3 Å². The Labute approximate surface area is 138 Å². The minimum Gasteiger partial charge on any atom is -0.485 e. The number of likely N-dealkylation sites (tertiary alicyclic amines) is 1. The maximum atomic E-state index is 12.8.